The lowest BCUT2D eigenvalue weighted by Gasteiger charge is -2.19. The number of rotatable bonds is 5. The van der Waals surface area contributed by atoms with Gasteiger partial charge >= 0.3 is 0 Å². The predicted octanol–water partition coefficient (Wildman–Crippen LogP) is 1.89. The van der Waals surface area contributed by atoms with Gasteiger partial charge in [-0.05, 0) is 26.0 Å². The Labute approximate surface area is 165 Å². The molecule has 0 radical (unpaired) electrons. The van der Waals surface area contributed by atoms with E-state index in [-0.39, 0.29) is 12.4 Å². The standard InChI is InChI=1S/C19H22F2N6O2/c1-19(2,28)17-15(29-3)6-16-23-9-14(27(16)26-17)12-5-4-10(20)18(24-12)25-13-8-22-7-11(13)21/h4-6,9,11,13,22,28H,7-8H2,1-3H3,(H,24,25). The summed E-state index contributed by atoms with van der Waals surface area (Å²) in [5.41, 5.74) is 0.453. The molecule has 0 amide bonds. The molecule has 0 spiro atoms. The van der Waals surface area contributed by atoms with Crippen LogP contribution in [0.2, 0.25) is 0 Å². The molecule has 0 bridgehead atoms. The zero-order valence-corrected chi connectivity index (χ0v) is 16.3. The summed E-state index contributed by atoms with van der Waals surface area (Å²) in [6, 6.07) is 3.86. The Hall–Kier alpha value is -2.85. The Morgan fingerprint density at radius 2 is 2.14 bits per heavy atom. The first-order valence-corrected chi connectivity index (χ1v) is 9.22. The summed E-state index contributed by atoms with van der Waals surface area (Å²) >= 11 is 0. The summed E-state index contributed by atoms with van der Waals surface area (Å²) in [6.45, 7) is 3.80. The first kappa shape index (κ1) is 19.5. The van der Waals surface area contributed by atoms with Crippen molar-refractivity contribution in [3.8, 4) is 17.1 Å². The van der Waals surface area contributed by atoms with E-state index < -0.39 is 23.6 Å². The van der Waals surface area contributed by atoms with Crippen LogP contribution in [-0.2, 0) is 5.60 Å². The minimum Gasteiger partial charge on any atom is -0.495 e. The van der Waals surface area contributed by atoms with E-state index in [0.29, 0.717) is 35.0 Å². The van der Waals surface area contributed by atoms with Gasteiger partial charge in [-0.15, -0.1) is 0 Å². The lowest BCUT2D eigenvalue weighted by molar-refractivity contribution is 0.0694. The number of fused-ring (bicyclic) bond motifs is 1. The van der Waals surface area contributed by atoms with Crippen LogP contribution in [0.25, 0.3) is 17.0 Å². The number of aliphatic hydroxyl groups is 1. The Bertz CT molecular complexity index is 1050. The monoisotopic (exact) mass is 404 g/mol. The van der Waals surface area contributed by atoms with Gasteiger partial charge in [0, 0.05) is 19.2 Å². The molecule has 3 aromatic rings. The summed E-state index contributed by atoms with van der Waals surface area (Å²) in [5.74, 6) is -0.210. The Morgan fingerprint density at radius 3 is 2.79 bits per heavy atom. The molecule has 1 saturated heterocycles. The lowest BCUT2D eigenvalue weighted by Crippen LogP contribution is -2.30. The second kappa shape index (κ2) is 7.20. The number of hydrogen-bond acceptors (Lipinski definition) is 7. The third-order valence-electron chi connectivity index (χ3n) is 4.83. The van der Waals surface area contributed by atoms with Gasteiger partial charge < -0.3 is 20.5 Å². The molecule has 3 aromatic heterocycles. The van der Waals surface area contributed by atoms with Crippen molar-refractivity contribution < 1.29 is 18.6 Å². The van der Waals surface area contributed by atoms with Crippen LogP contribution in [-0.4, -0.2) is 57.1 Å². The number of alkyl halides is 1. The van der Waals surface area contributed by atoms with Crippen LogP contribution in [0.1, 0.15) is 19.5 Å². The molecule has 29 heavy (non-hydrogen) atoms. The van der Waals surface area contributed by atoms with E-state index in [2.05, 4.69) is 25.7 Å². The predicted molar refractivity (Wildman–Crippen MR) is 103 cm³/mol. The van der Waals surface area contributed by atoms with Crippen LogP contribution >= 0.6 is 0 Å². The number of nitrogens with one attached hydrogen (secondary N) is 2. The van der Waals surface area contributed by atoms with Crippen molar-refractivity contribution in [3.63, 3.8) is 0 Å². The maximum atomic E-state index is 14.3. The molecule has 1 fully saturated rings. The quantitative estimate of drug-likeness (QED) is 0.598. The number of ether oxygens (including phenoxy) is 1. The molecule has 0 saturated carbocycles. The van der Waals surface area contributed by atoms with Crippen molar-refractivity contribution in [1.29, 1.82) is 0 Å². The highest BCUT2D eigenvalue weighted by atomic mass is 19.1. The Balaban J connectivity index is 1.77. The first-order valence-electron chi connectivity index (χ1n) is 9.22. The number of hydrogen-bond donors (Lipinski definition) is 3. The van der Waals surface area contributed by atoms with Crippen molar-refractivity contribution in [2.45, 2.75) is 31.7 Å². The number of methoxy groups -OCH3 is 1. The van der Waals surface area contributed by atoms with Crippen LogP contribution < -0.4 is 15.4 Å². The van der Waals surface area contributed by atoms with E-state index in [4.69, 9.17) is 4.74 Å². The van der Waals surface area contributed by atoms with E-state index in [9.17, 15) is 13.9 Å². The maximum absolute atomic E-state index is 14.3. The molecule has 1 aliphatic rings. The average Bonchev–Trinajstić information content (AvgIpc) is 3.27. The van der Waals surface area contributed by atoms with Crippen LogP contribution in [0, 0.1) is 5.82 Å². The van der Waals surface area contributed by atoms with Gasteiger partial charge in [0.25, 0.3) is 0 Å². The summed E-state index contributed by atoms with van der Waals surface area (Å²) in [6.07, 6.45) is 0.425. The molecule has 0 aromatic carbocycles. The summed E-state index contributed by atoms with van der Waals surface area (Å²) in [5, 5.41) is 20.6. The van der Waals surface area contributed by atoms with Gasteiger partial charge in [0.1, 0.15) is 28.9 Å². The SMILES string of the molecule is COc1cc2ncc(-c3ccc(F)c(NC4CNCC4F)n3)n2nc1C(C)(C)O. The molecule has 4 heterocycles. The van der Waals surface area contributed by atoms with Crippen LogP contribution in [0.15, 0.2) is 24.4 Å². The van der Waals surface area contributed by atoms with Crippen LogP contribution in [0.3, 0.4) is 0 Å². The average molecular weight is 404 g/mol. The third-order valence-corrected chi connectivity index (χ3v) is 4.83. The van der Waals surface area contributed by atoms with Crippen molar-refractivity contribution in [2.24, 2.45) is 0 Å². The van der Waals surface area contributed by atoms with E-state index in [0.717, 1.165) is 0 Å². The van der Waals surface area contributed by atoms with E-state index in [1.54, 1.807) is 26.1 Å². The molecular weight excluding hydrogens is 382 g/mol. The van der Waals surface area contributed by atoms with Crippen molar-refractivity contribution in [2.75, 3.05) is 25.5 Å². The third kappa shape index (κ3) is 3.60. The highest BCUT2D eigenvalue weighted by Gasteiger charge is 2.28. The number of aromatic nitrogens is 4. The van der Waals surface area contributed by atoms with Gasteiger partial charge in [0.15, 0.2) is 17.3 Å². The highest BCUT2D eigenvalue weighted by molar-refractivity contribution is 5.62. The second-order valence-corrected chi connectivity index (χ2v) is 7.49. The van der Waals surface area contributed by atoms with E-state index in [1.807, 2.05) is 0 Å². The zero-order chi connectivity index (χ0) is 20.8. The molecule has 1 aliphatic heterocycles. The van der Waals surface area contributed by atoms with Crippen molar-refractivity contribution >= 4 is 11.5 Å². The number of pyridine rings is 1. The van der Waals surface area contributed by atoms with Crippen molar-refractivity contribution in [1.82, 2.24) is 24.9 Å². The molecule has 8 nitrogen and oxygen atoms in total. The van der Waals surface area contributed by atoms with Gasteiger partial charge in [-0.25, -0.2) is 23.3 Å². The van der Waals surface area contributed by atoms with Gasteiger partial charge in [-0.1, -0.05) is 0 Å². The number of imidazole rings is 1. The number of anilines is 1. The molecule has 2 atom stereocenters. The summed E-state index contributed by atoms with van der Waals surface area (Å²) < 4.78 is 35.0. The molecule has 3 N–H and O–H groups in total. The first-order chi connectivity index (χ1) is 13.8. The zero-order valence-electron chi connectivity index (χ0n) is 16.3. The van der Waals surface area contributed by atoms with Gasteiger partial charge in [0.2, 0.25) is 0 Å². The summed E-state index contributed by atoms with van der Waals surface area (Å²) in [4.78, 5) is 8.63. The number of halogens is 2. The Kier molecular flexibility index (Phi) is 4.83. The topological polar surface area (TPSA) is 96.6 Å². The fraction of sp³-hybridized carbons (Fsp3) is 0.421. The van der Waals surface area contributed by atoms with Gasteiger partial charge in [0.05, 0.1) is 25.0 Å². The van der Waals surface area contributed by atoms with Crippen LogP contribution in [0.4, 0.5) is 14.6 Å². The highest BCUT2D eigenvalue weighted by Crippen LogP contribution is 2.30. The van der Waals surface area contributed by atoms with Crippen molar-refractivity contribution in [3.05, 3.63) is 35.9 Å². The van der Waals surface area contributed by atoms with Gasteiger partial charge in [-0.2, -0.15) is 5.10 Å². The molecule has 4 rings (SSSR count). The molecule has 0 aliphatic carbocycles. The van der Waals surface area contributed by atoms with Gasteiger partial charge in [-0.3, -0.25) is 0 Å². The molecular formula is C19H22F2N6O2. The smallest absolute Gasteiger partial charge is 0.165 e. The van der Waals surface area contributed by atoms with E-state index in [1.165, 1.54) is 23.8 Å². The largest absolute Gasteiger partial charge is 0.495 e. The minimum absolute atomic E-state index is 0.0370. The van der Waals surface area contributed by atoms with Crippen LogP contribution in [0.5, 0.6) is 5.75 Å². The molecule has 2 unspecified atom stereocenters. The molecule has 154 valence electrons. The van der Waals surface area contributed by atoms with E-state index >= 15 is 0 Å². The summed E-state index contributed by atoms with van der Waals surface area (Å²) in [7, 11) is 1.49. The number of nitrogens with zero attached hydrogens (tertiary/aromatic N) is 4. The Morgan fingerprint density at radius 1 is 1.34 bits per heavy atom. The maximum Gasteiger partial charge on any atom is 0.165 e. The lowest BCUT2D eigenvalue weighted by atomic mass is 10.0. The second-order valence-electron chi connectivity index (χ2n) is 7.49. The fourth-order valence-corrected chi connectivity index (χ4v) is 3.30. The fourth-order valence-electron chi connectivity index (χ4n) is 3.30. The molecule has 10 heteroatoms. The normalized spacial score (nSPS) is 19.7. The minimum atomic E-state index is -1.25.